The van der Waals surface area contributed by atoms with Crippen molar-refractivity contribution < 1.29 is 9.67 Å². The first-order valence-corrected chi connectivity index (χ1v) is 10.8. The second-order valence-electron chi connectivity index (χ2n) is 7.78. The van der Waals surface area contributed by atoms with Crippen molar-refractivity contribution in [1.29, 1.82) is 0 Å². The maximum Gasteiger partial charge on any atom is 0.173 e. The lowest BCUT2D eigenvalue weighted by Crippen LogP contribution is -2.27. The van der Waals surface area contributed by atoms with E-state index in [0.29, 0.717) is 18.4 Å². The monoisotopic (exact) mass is 444 g/mol. The third-order valence-corrected chi connectivity index (χ3v) is 6.29. The number of aromatic nitrogens is 4. The van der Waals surface area contributed by atoms with Crippen molar-refractivity contribution in [2.75, 3.05) is 11.9 Å². The Bertz CT molecular complexity index is 957. The van der Waals surface area contributed by atoms with Crippen LogP contribution >= 0.6 is 15.9 Å². The Morgan fingerprint density at radius 3 is 2.93 bits per heavy atom. The molecule has 0 unspecified atom stereocenters. The number of aliphatic hydroxyl groups is 1. The molecule has 0 aromatic carbocycles. The summed E-state index contributed by atoms with van der Waals surface area (Å²) in [5.74, 6) is 1.82. The number of nitrogens with one attached hydrogen (secondary N) is 1. The number of pyridine rings is 1. The lowest BCUT2D eigenvalue weighted by atomic mass is 9.77. The molecule has 7 heteroatoms. The summed E-state index contributed by atoms with van der Waals surface area (Å²) in [5, 5.41) is 17.7. The molecule has 0 saturated heterocycles. The second-order valence-corrected chi connectivity index (χ2v) is 8.64. The molecule has 0 bridgehead atoms. The molecule has 148 valence electrons. The Morgan fingerprint density at radius 1 is 1.32 bits per heavy atom. The standard InChI is InChI=1S/C21H27BrN5O/c1-26-8-4-5-15(13-26)11-23-20-10-18(25-21-19(22)12-24-27(20)21)9-16-6-2-3-7-17(16)14-28/h4-5,8,10,12-13,16-17,23,28H,2-3,6-7,9,11,14H2,1H3/q+1/t16-,17+/m1/s1. The van der Waals surface area contributed by atoms with Gasteiger partial charge in [-0.1, -0.05) is 12.8 Å². The van der Waals surface area contributed by atoms with Gasteiger partial charge in [-0.2, -0.15) is 9.61 Å². The first-order chi connectivity index (χ1) is 13.6. The van der Waals surface area contributed by atoms with Gasteiger partial charge in [-0.05, 0) is 53.1 Å². The van der Waals surface area contributed by atoms with Gasteiger partial charge in [-0.3, -0.25) is 0 Å². The first kappa shape index (κ1) is 19.3. The zero-order valence-electron chi connectivity index (χ0n) is 16.2. The van der Waals surface area contributed by atoms with Crippen LogP contribution in [0.25, 0.3) is 5.65 Å². The smallest absolute Gasteiger partial charge is 0.173 e. The van der Waals surface area contributed by atoms with Crippen molar-refractivity contribution in [2.45, 2.75) is 38.6 Å². The zero-order chi connectivity index (χ0) is 19.5. The molecule has 1 saturated carbocycles. The van der Waals surface area contributed by atoms with Crippen LogP contribution in [0.3, 0.4) is 0 Å². The van der Waals surface area contributed by atoms with Crippen LogP contribution in [0.5, 0.6) is 0 Å². The minimum absolute atomic E-state index is 0.277. The minimum Gasteiger partial charge on any atom is -0.396 e. The van der Waals surface area contributed by atoms with Crippen molar-refractivity contribution in [1.82, 2.24) is 14.6 Å². The lowest BCUT2D eigenvalue weighted by Gasteiger charge is -2.30. The van der Waals surface area contributed by atoms with Crippen LogP contribution in [0.15, 0.2) is 41.3 Å². The number of nitrogens with zero attached hydrogens (tertiary/aromatic N) is 4. The third kappa shape index (κ3) is 4.20. The molecule has 0 amide bonds. The van der Waals surface area contributed by atoms with Gasteiger partial charge in [-0.25, -0.2) is 9.55 Å². The summed E-state index contributed by atoms with van der Waals surface area (Å²) in [6.07, 6.45) is 11.6. The van der Waals surface area contributed by atoms with Gasteiger partial charge in [0.15, 0.2) is 18.0 Å². The average Bonchev–Trinajstić information content (AvgIpc) is 3.08. The molecule has 3 aromatic rings. The molecule has 1 aliphatic carbocycles. The normalized spacial score (nSPS) is 19.8. The summed E-state index contributed by atoms with van der Waals surface area (Å²) in [4.78, 5) is 4.86. The molecule has 4 rings (SSSR count). The fraction of sp³-hybridized carbons (Fsp3) is 0.476. The van der Waals surface area contributed by atoms with E-state index in [2.05, 4.69) is 44.7 Å². The molecule has 1 fully saturated rings. The number of halogens is 1. The summed E-state index contributed by atoms with van der Waals surface area (Å²) >= 11 is 3.57. The summed E-state index contributed by atoms with van der Waals surface area (Å²) in [6, 6.07) is 6.27. The van der Waals surface area contributed by atoms with Crippen LogP contribution in [-0.4, -0.2) is 26.3 Å². The Kier molecular flexibility index (Phi) is 5.92. The molecule has 0 radical (unpaired) electrons. The van der Waals surface area contributed by atoms with E-state index in [0.717, 1.165) is 34.5 Å². The van der Waals surface area contributed by atoms with E-state index in [1.54, 1.807) is 6.20 Å². The third-order valence-electron chi connectivity index (χ3n) is 5.73. The van der Waals surface area contributed by atoms with E-state index in [4.69, 9.17) is 4.98 Å². The van der Waals surface area contributed by atoms with Crippen molar-refractivity contribution in [3.63, 3.8) is 0 Å². The highest BCUT2D eigenvalue weighted by Crippen LogP contribution is 2.33. The fourth-order valence-corrected chi connectivity index (χ4v) is 4.57. The second kappa shape index (κ2) is 8.57. The Labute approximate surface area is 173 Å². The van der Waals surface area contributed by atoms with Crippen molar-refractivity contribution in [3.05, 3.63) is 52.5 Å². The lowest BCUT2D eigenvalue weighted by molar-refractivity contribution is -0.671. The summed E-state index contributed by atoms with van der Waals surface area (Å²) in [6.45, 7) is 0.993. The Morgan fingerprint density at radius 2 is 2.14 bits per heavy atom. The quantitative estimate of drug-likeness (QED) is 0.572. The van der Waals surface area contributed by atoms with E-state index >= 15 is 0 Å². The maximum atomic E-state index is 9.75. The minimum atomic E-state index is 0.277. The van der Waals surface area contributed by atoms with Gasteiger partial charge in [0.2, 0.25) is 0 Å². The van der Waals surface area contributed by atoms with Crippen LogP contribution in [0.4, 0.5) is 5.82 Å². The van der Waals surface area contributed by atoms with Crippen LogP contribution in [-0.2, 0) is 20.0 Å². The summed E-state index contributed by atoms with van der Waals surface area (Å²) < 4.78 is 4.79. The molecule has 1 aliphatic rings. The molecule has 0 aliphatic heterocycles. The van der Waals surface area contributed by atoms with E-state index < -0.39 is 0 Å². The molecule has 3 heterocycles. The highest BCUT2D eigenvalue weighted by molar-refractivity contribution is 9.10. The summed E-state index contributed by atoms with van der Waals surface area (Å²) in [7, 11) is 2.03. The Balaban J connectivity index is 1.60. The Hall–Kier alpha value is -1.99. The predicted molar refractivity (Wildman–Crippen MR) is 112 cm³/mol. The van der Waals surface area contributed by atoms with Gasteiger partial charge >= 0.3 is 0 Å². The van der Waals surface area contributed by atoms with Crippen molar-refractivity contribution in [2.24, 2.45) is 18.9 Å². The number of aryl methyl sites for hydroxylation is 1. The van der Waals surface area contributed by atoms with Crippen LogP contribution in [0, 0.1) is 11.8 Å². The number of hydrogen-bond acceptors (Lipinski definition) is 4. The van der Waals surface area contributed by atoms with Crippen LogP contribution in [0.1, 0.15) is 36.9 Å². The van der Waals surface area contributed by atoms with E-state index in [1.165, 1.54) is 24.8 Å². The average molecular weight is 445 g/mol. The molecule has 0 spiro atoms. The maximum absolute atomic E-state index is 9.75. The number of rotatable bonds is 6. The van der Waals surface area contributed by atoms with Gasteiger partial charge in [0.25, 0.3) is 0 Å². The fourth-order valence-electron chi connectivity index (χ4n) is 4.23. The first-order valence-electron chi connectivity index (χ1n) is 9.96. The van der Waals surface area contributed by atoms with Gasteiger partial charge < -0.3 is 10.4 Å². The molecule has 2 N–H and O–H groups in total. The molecular formula is C21H27BrN5O+. The van der Waals surface area contributed by atoms with Gasteiger partial charge in [0.05, 0.1) is 10.7 Å². The summed E-state index contributed by atoms with van der Waals surface area (Å²) in [5.41, 5.74) is 3.09. The van der Waals surface area contributed by atoms with E-state index in [9.17, 15) is 5.11 Å². The highest BCUT2D eigenvalue weighted by atomic mass is 79.9. The number of fused-ring (bicyclic) bond motifs is 1. The van der Waals surface area contributed by atoms with Gasteiger partial charge in [0.1, 0.15) is 12.9 Å². The predicted octanol–water partition coefficient (Wildman–Crippen LogP) is 3.27. The zero-order valence-corrected chi connectivity index (χ0v) is 17.8. The SMILES string of the molecule is C[n+]1cccc(CNc2cc(C[C@H]3CCCC[C@H]3CO)nc3c(Br)cnn23)c1. The number of hydrogen-bond donors (Lipinski definition) is 2. The number of anilines is 1. The van der Waals surface area contributed by atoms with Crippen molar-refractivity contribution in [3.8, 4) is 0 Å². The van der Waals surface area contributed by atoms with Crippen molar-refractivity contribution >= 4 is 27.4 Å². The van der Waals surface area contributed by atoms with Crippen LogP contribution in [0.2, 0.25) is 0 Å². The van der Waals surface area contributed by atoms with E-state index in [-0.39, 0.29) is 6.61 Å². The topological polar surface area (TPSA) is 66.3 Å². The van der Waals surface area contributed by atoms with Gasteiger partial charge in [-0.15, -0.1) is 0 Å². The molecule has 3 aromatic heterocycles. The molecule has 28 heavy (non-hydrogen) atoms. The largest absolute Gasteiger partial charge is 0.396 e. The molecule has 6 nitrogen and oxygen atoms in total. The van der Waals surface area contributed by atoms with Gasteiger partial charge in [0, 0.05) is 36.5 Å². The van der Waals surface area contributed by atoms with Crippen LogP contribution < -0.4 is 9.88 Å². The molecule has 2 atom stereocenters. The highest BCUT2D eigenvalue weighted by Gasteiger charge is 2.25. The molecular weight excluding hydrogens is 418 g/mol. The van der Waals surface area contributed by atoms with E-state index in [1.807, 2.05) is 28.4 Å². The number of aliphatic hydroxyl groups excluding tert-OH is 1.